The van der Waals surface area contributed by atoms with Crippen molar-refractivity contribution in [3.63, 3.8) is 0 Å². The highest BCUT2D eigenvalue weighted by molar-refractivity contribution is 9.10. The second-order valence-corrected chi connectivity index (χ2v) is 6.31. The van der Waals surface area contributed by atoms with Gasteiger partial charge in [-0.1, -0.05) is 58.7 Å². The van der Waals surface area contributed by atoms with Crippen LogP contribution in [0.15, 0.2) is 53.0 Å². The number of nitrogens with one attached hydrogen (secondary N) is 1. The van der Waals surface area contributed by atoms with Crippen LogP contribution in [0, 0.1) is 0 Å². The Balaban J connectivity index is 2.11. The molecule has 0 aliphatic rings. The molecule has 106 valence electrons. The maximum Gasteiger partial charge on any atom is 0.0406 e. The van der Waals surface area contributed by atoms with Crippen molar-refractivity contribution in [2.75, 3.05) is 0 Å². The summed E-state index contributed by atoms with van der Waals surface area (Å²) in [6.45, 7) is 4.39. The number of rotatable bonds is 5. The lowest BCUT2D eigenvalue weighted by Crippen LogP contribution is -2.24. The molecule has 0 heterocycles. The van der Waals surface area contributed by atoms with Crippen molar-refractivity contribution in [1.29, 1.82) is 0 Å². The van der Waals surface area contributed by atoms with E-state index in [-0.39, 0.29) is 6.04 Å². The minimum Gasteiger partial charge on any atom is -0.303 e. The molecule has 20 heavy (non-hydrogen) atoms. The lowest BCUT2D eigenvalue weighted by molar-refractivity contribution is 0.456. The summed E-state index contributed by atoms with van der Waals surface area (Å²) in [5, 5.41) is 4.46. The van der Waals surface area contributed by atoms with E-state index in [0.717, 1.165) is 15.9 Å². The fourth-order valence-corrected chi connectivity index (χ4v) is 2.87. The van der Waals surface area contributed by atoms with Crippen LogP contribution in [0.5, 0.6) is 0 Å². The minimum atomic E-state index is 0.288. The molecule has 0 fully saturated rings. The molecule has 2 aromatic rings. The minimum absolute atomic E-state index is 0.288. The molecule has 1 unspecified atom stereocenters. The van der Waals surface area contributed by atoms with E-state index >= 15 is 0 Å². The van der Waals surface area contributed by atoms with Gasteiger partial charge in [0, 0.05) is 21.6 Å². The van der Waals surface area contributed by atoms with Gasteiger partial charge in [-0.05, 0) is 48.7 Å². The van der Waals surface area contributed by atoms with E-state index in [1.807, 2.05) is 12.1 Å². The molecule has 0 aliphatic heterocycles. The Labute approximate surface area is 134 Å². The molecular weight excluding hydrogens is 334 g/mol. The van der Waals surface area contributed by atoms with Crippen molar-refractivity contribution >= 4 is 27.5 Å². The van der Waals surface area contributed by atoms with Crippen molar-refractivity contribution in [3.8, 4) is 0 Å². The van der Waals surface area contributed by atoms with E-state index in [2.05, 4.69) is 71.5 Å². The first-order chi connectivity index (χ1) is 9.60. The molecule has 1 nitrogen and oxygen atoms in total. The van der Waals surface area contributed by atoms with Crippen LogP contribution in [0.2, 0.25) is 5.02 Å². The number of hydrogen-bond donors (Lipinski definition) is 1. The first-order valence-corrected chi connectivity index (χ1v) is 8.04. The smallest absolute Gasteiger partial charge is 0.0406 e. The molecule has 2 aromatic carbocycles. The van der Waals surface area contributed by atoms with Crippen molar-refractivity contribution in [2.45, 2.75) is 32.4 Å². The van der Waals surface area contributed by atoms with Gasteiger partial charge in [0.15, 0.2) is 0 Å². The highest BCUT2D eigenvalue weighted by Gasteiger charge is 2.13. The van der Waals surface area contributed by atoms with E-state index in [9.17, 15) is 0 Å². The highest BCUT2D eigenvalue weighted by atomic mass is 79.9. The van der Waals surface area contributed by atoms with Gasteiger partial charge < -0.3 is 5.32 Å². The van der Waals surface area contributed by atoms with Crippen LogP contribution in [-0.4, -0.2) is 0 Å². The Hall–Kier alpha value is -0.830. The molecular formula is C17H19BrClN. The zero-order valence-electron chi connectivity index (χ0n) is 11.7. The van der Waals surface area contributed by atoms with E-state index in [0.29, 0.717) is 6.04 Å². The van der Waals surface area contributed by atoms with Crippen LogP contribution in [0.1, 0.15) is 43.5 Å². The summed E-state index contributed by atoms with van der Waals surface area (Å²) >= 11 is 9.47. The van der Waals surface area contributed by atoms with Gasteiger partial charge in [-0.3, -0.25) is 0 Å². The molecule has 3 heteroatoms. The van der Waals surface area contributed by atoms with Crippen LogP contribution in [0.25, 0.3) is 0 Å². The van der Waals surface area contributed by atoms with E-state index in [4.69, 9.17) is 11.6 Å². The van der Waals surface area contributed by atoms with Crippen molar-refractivity contribution in [2.24, 2.45) is 0 Å². The third kappa shape index (κ3) is 4.08. The van der Waals surface area contributed by atoms with E-state index < -0.39 is 0 Å². The molecule has 0 saturated carbocycles. The van der Waals surface area contributed by atoms with Crippen molar-refractivity contribution in [3.05, 3.63) is 69.2 Å². The fraction of sp³-hybridized carbons (Fsp3) is 0.294. The summed E-state index contributed by atoms with van der Waals surface area (Å²) in [6.07, 6.45) is 1.05. The molecule has 0 amide bonds. The Morgan fingerprint density at radius 3 is 2.40 bits per heavy atom. The first-order valence-electron chi connectivity index (χ1n) is 6.87. The van der Waals surface area contributed by atoms with Crippen molar-refractivity contribution in [1.82, 2.24) is 5.32 Å². The van der Waals surface area contributed by atoms with Gasteiger partial charge in [-0.15, -0.1) is 0 Å². The molecule has 0 radical (unpaired) electrons. The van der Waals surface area contributed by atoms with Gasteiger partial charge in [0.25, 0.3) is 0 Å². The summed E-state index contributed by atoms with van der Waals surface area (Å²) < 4.78 is 1.12. The Morgan fingerprint density at radius 2 is 1.80 bits per heavy atom. The quantitative estimate of drug-likeness (QED) is 0.706. The summed E-state index contributed by atoms with van der Waals surface area (Å²) in [7, 11) is 0. The van der Waals surface area contributed by atoms with E-state index in [1.165, 1.54) is 11.1 Å². The molecule has 0 saturated heterocycles. The van der Waals surface area contributed by atoms with Gasteiger partial charge >= 0.3 is 0 Å². The third-order valence-electron chi connectivity index (χ3n) is 3.48. The Bertz CT molecular complexity index is 553. The average Bonchev–Trinajstić information content (AvgIpc) is 2.45. The van der Waals surface area contributed by atoms with Gasteiger partial charge in [0.1, 0.15) is 0 Å². The van der Waals surface area contributed by atoms with Gasteiger partial charge in [-0.25, -0.2) is 0 Å². The van der Waals surface area contributed by atoms with Gasteiger partial charge in [0.05, 0.1) is 0 Å². The maximum absolute atomic E-state index is 5.94. The predicted molar refractivity (Wildman–Crippen MR) is 90.2 cm³/mol. The number of halogens is 2. The summed E-state index contributed by atoms with van der Waals surface area (Å²) in [5.41, 5.74) is 2.56. The van der Waals surface area contributed by atoms with Crippen LogP contribution >= 0.6 is 27.5 Å². The molecule has 0 bridgehead atoms. The molecule has 0 spiro atoms. The molecule has 1 N–H and O–H groups in total. The lowest BCUT2D eigenvalue weighted by atomic mass is 10.0. The predicted octanol–water partition coefficient (Wildman–Crippen LogP) is 5.90. The topological polar surface area (TPSA) is 12.0 Å². The largest absolute Gasteiger partial charge is 0.303 e. The normalized spacial score (nSPS) is 14.0. The van der Waals surface area contributed by atoms with Gasteiger partial charge in [0.2, 0.25) is 0 Å². The molecule has 0 aliphatic carbocycles. The molecule has 2 atom stereocenters. The SMILES string of the molecule is CCC(N[C@@H](C)c1ccc(Cl)cc1)c1cccc(Br)c1. The molecule has 2 rings (SSSR count). The average molecular weight is 353 g/mol. The van der Waals surface area contributed by atoms with Crippen LogP contribution in [0.4, 0.5) is 0 Å². The second kappa shape index (κ2) is 7.26. The zero-order chi connectivity index (χ0) is 14.5. The van der Waals surface area contributed by atoms with Crippen LogP contribution < -0.4 is 5.32 Å². The standard InChI is InChI=1S/C17H19BrClN/c1-3-17(14-5-4-6-15(18)11-14)20-12(2)13-7-9-16(19)10-8-13/h4-12,17,20H,3H2,1-2H3/t12-,17?/m0/s1. The second-order valence-electron chi connectivity index (χ2n) is 4.96. The van der Waals surface area contributed by atoms with Gasteiger partial charge in [-0.2, -0.15) is 0 Å². The fourth-order valence-electron chi connectivity index (χ4n) is 2.32. The molecule has 0 aromatic heterocycles. The number of benzene rings is 2. The monoisotopic (exact) mass is 351 g/mol. The summed E-state index contributed by atoms with van der Waals surface area (Å²) in [4.78, 5) is 0. The highest BCUT2D eigenvalue weighted by Crippen LogP contribution is 2.25. The van der Waals surface area contributed by atoms with Crippen LogP contribution in [-0.2, 0) is 0 Å². The lowest BCUT2D eigenvalue weighted by Gasteiger charge is -2.23. The Morgan fingerprint density at radius 1 is 1.10 bits per heavy atom. The summed E-state index contributed by atoms with van der Waals surface area (Å²) in [5.74, 6) is 0. The summed E-state index contributed by atoms with van der Waals surface area (Å²) in [6, 6.07) is 17.1. The van der Waals surface area contributed by atoms with Crippen molar-refractivity contribution < 1.29 is 0 Å². The van der Waals surface area contributed by atoms with Crippen LogP contribution in [0.3, 0.4) is 0 Å². The number of hydrogen-bond acceptors (Lipinski definition) is 1. The van der Waals surface area contributed by atoms with E-state index in [1.54, 1.807) is 0 Å². The first kappa shape index (κ1) is 15.6. The third-order valence-corrected chi connectivity index (χ3v) is 4.23. The zero-order valence-corrected chi connectivity index (χ0v) is 14.1. The maximum atomic E-state index is 5.94. The Kier molecular flexibility index (Phi) is 5.64.